The first kappa shape index (κ1) is 14.1. The Morgan fingerprint density at radius 1 is 1.41 bits per heavy atom. The van der Waals surface area contributed by atoms with Crippen molar-refractivity contribution < 1.29 is 22.0 Å². The quantitative estimate of drug-likeness (QED) is 0.594. The monoisotopic (exact) mass is 362 g/mol. The lowest BCUT2D eigenvalue weighted by Crippen LogP contribution is -2.15. The highest BCUT2D eigenvalue weighted by Crippen LogP contribution is 2.39. The Morgan fingerprint density at radius 2 is 2.00 bits per heavy atom. The van der Waals surface area contributed by atoms with E-state index in [-0.39, 0.29) is 12.1 Å². The number of nitrogens with zero attached hydrogens (tertiary/aromatic N) is 2. The van der Waals surface area contributed by atoms with Gasteiger partial charge in [0, 0.05) is 15.3 Å². The Morgan fingerprint density at radius 3 is 2.41 bits per heavy atom. The number of nitriles is 1. The molecule has 0 aliphatic rings. The molecule has 0 fully saturated rings. The third-order valence-electron chi connectivity index (χ3n) is 1.89. The molecule has 0 saturated heterocycles. The Bertz CT molecular complexity index is 464. The first-order chi connectivity index (χ1) is 7.79. The van der Waals surface area contributed by atoms with Crippen LogP contribution in [-0.4, -0.2) is 4.98 Å². The van der Waals surface area contributed by atoms with Gasteiger partial charge >= 0.3 is 6.18 Å². The molecule has 8 heteroatoms. The van der Waals surface area contributed by atoms with Crippen LogP contribution >= 0.6 is 22.6 Å². The molecule has 1 aromatic heterocycles. The summed E-state index contributed by atoms with van der Waals surface area (Å²) in [5, 5.41) is 8.39. The summed E-state index contributed by atoms with van der Waals surface area (Å²) in [5.74, 6) is 0. The molecule has 0 spiro atoms. The summed E-state index contributed by atoms with van der Waals surface area (Å²) in [6, 6.07) is 1.63. The van der Waals surface area contributed by atoms with Crippen molar-refractivity contribution in [3.05, 3.63) is 26.6 Å². The molecule has 2 nitrogen and oxygen atoms in total. The van der Waals surface area contributed by atoms with Gasteiger partial charge in [0.25, 0.3) is 6.43 Å². The zero-order valence-electron chi connectivity index (χ0n) is 8.02. The average Bonchev–Trinajstić information content (AvgIpc) is 2.18. The van der Waals surface area contributed by atoms with Crippen molar-refractivity contribution >= 4 is 22.6 Å². The van der Waals surface area contributed by atoms with Gasteiger partial charge in [0.05, 0.1) is 23.7 Å². The summed E-state index contributed by atoms with van der Waals surface area (Å²) in [7, 11) is 0. The number of rotatable bonds is 2. The van der Waals surface area contributed by atoms with Crippen LogP contribution in [0.1, 0.15) is 23.2 Å². The molecule has 1 aromatic rings. The van der Waals surface area contributed by atoms with Crippen LogP contribution in [0.15, 0.2) is 6.20 Å². The van der Waals surface area contributed by atoms with E-state index < -0.39 is 27.3 Å². The van der Waals surface area contributed by atoms with Gasteiger partial charge in [0.2, 0.25) is 0 Å². The summed E-state index contributed by atoms with van der Waals surface area (Å²) in [6.45, 7) is 0. The first-order valence-electron chi connectivity index (χ1n) is 4.18. The van der Waals surface area contributed by atoms with E-state index in [1.807, 2.05) is 0 Å². The number of alkyl halides is 5. The van der Waals surface area contributed by atoms with Gasteiger partial charge in [0.15, 0.2) is 0 Å². The second-order valence-corrected chi connectivity index (χ2v) is 4.06. The molecule has 0 unspecified atom stereocenters. The van der Waals surface area contributed by atoms with Crippen molar-refractivity contribution in [3.63, 3.8) is 0 Å². The van der Waals surface area contributed by atoms with Crippen molar-refractivity contribution in [2.75, 3.05) is 0 Å². The van der Waals surface area contributed by atoms with Gasteiger partial charge in [-0.25, -0.2) is 8.78 Å². The van der Waals surface area contributed by atoms with E-state index in [0.29, 0.717) is 6.20 Å². The third-order valence-corrected chi connectivity index (χ3v) is 3.05. The van der Waals surface area contributed by atoms with Crippen molar-refractivity contribution in [2.24, 2.45) is 0 Å². The molecule has 0 N–H and O–H groups in total. The number of hydrogen-bond acceptors (Lipinski definition) is 2. The fourth-order valence-electron chi connectivity index (χ4n) is 1.19. The molecule has 0 radical (unpaired) electrons. The number of pyridine rings is 1. The molecule has 0 atom stereocenters. The minimum absolute atomic E-state index is 0.148. The lowest BCUT2D eigenvalue weighted by atomic mass is 10.1. The highest BCUT2D eigenvalue weighted by molar-refractivity contribution is 14.1. The van der Waals surface area contributed by atoms with Crippen LogP contribution in [0.3, 0.4) is 0 Å². The fraction of sp³-hybridized carbons (Fsp3) is 0.333. The highest BCUT2D eigenvalue weighted by atomic mass is 127. The second-order valence-electron chi connectivity index (χ2n) is 2.98. The fourth-order valence-corrected chi connectivity index (χ4v) is 2.14. The Kier molecular flexibility index (Phi) is 4.24. The molecule has 0 aliphatic carbocycles. The van der Waals surface area contributed by atoms with E-state index in [1.54, 1.807) is 6.07 Å². The van der Waals surface area contributed by atoms with Crippen molar-refractivity contribution in [2.45, 2.75) is 19.0 Å². The lowest BCUT2D eigenvalue weighted by molar-refractivity contribution is -0.140. The van der Waals surface area contributed by atoms with E-state index in [0.717, 1.165) is 0 Å². The van der Waals surface area contributed by atoms with Crippen LogP contribution < -0.4 is 0 Å². The lowest BCUT2D eigenvalue weighted by Gasteiger charge is -2.15. The van der Waals surface area contributed by atoms with Gasteiger partial charge < -0.3 is 0 Å². The van der Waals surface area contributed by atoms with E-state index in [4.69, 9.17) is 5.26 Å². The van der Waals surface area contributed by atoms with Gasteiger partial charge in [-0.05, 0) is 22.6 Å². The van der Waals surface area contributed by atoms with Crippen LogP contribution in [0.25, 0.3) is 0 Å². The first-order valence-corrected chi connectivity index (χ1v) is 5.26. The molecule has 0 aromatic carbocycles. The summed E-state index contributed by atoms with van der Waals surface area (Å²) in [4.78, 5) is 3.45. The molecule has 17 heavy (non-hydrogen) atoms. The molecule has 0 bridgehead atoms. The summed E-state index contributed by atoms with van der Waals surface area (Å²) in [6.07, 6.45) is -8.04. The molecular formula is C9H4F5IN2. The normalized spacial score (nSPS) is 11.6. The minimum atomic E-state index is -4.89. The van der Waals surface area contributed by atoms with E-state index >= 15 is 0 Å². The standard InChI is InChI=1S/C9H4F5IN2/c10-8(11)4-3-17-5(1-2-16)7(15)6(4)9(12,13)14/h3,8H,1H2. The van der Waals surface area contributed by atoms with Gasteiger partial charge in [-0.2, -0.15) is 18.4 Å². The van der Waals surface area contributed by atoms with E-state index in [1.165, 1.54) is 22.6 Å². The van der Waals surface area contributed by atoms with Crippen LogP contribution in [0.4, 0.5) is 22.0 Å². The Labute approximate surface area is 107 Å². The van der Waals surface area contributed by atoms with E-state index in [9.17, 15) is 22.0 Å². The van der Waals surface area contributed by atoms with Crippen LogP contribution in [-0.2, 0) is 12.6 Å². The number of aromatic nitrogens is 1. The molecule has 1 heterocycles. The summed E-state index contributed by atoms with van der Waals surface area (Å²) >= 11 is 1.28. The molecule has 0 saturated carbocycles. The second kappa shape index (κ2) is 5.12. The molecular weight excluding hydrogens is 358 g/mol. The smallest absolute Gasteiger partial charge is 0.259 e. The maximum Gasteiger partial charge on any atom is 0.418 e. The molecule has 0 aliphatic heterocycles. The van der Waals surface area contributed by atoms with Gasteiger partial charge in [-0.1, -0.05) is 0 Å². The maximum atomic E-state index is 12.6. The summed E-state index contributed by atoms with van der Waals surface area (Å²) < 4.78 is 62.4. The zero-order valence-corrected chi connectivity index (χ0v) is 10.2. The maximum absolute atomic E-state index is 12.6. The molecule has 1 rings (SSSR count). The molecule has 0 amide bonds. The number of hydrogen-bond donors (Lipinski definition) is 0. The van der Waals surface area contributed by atoms with Crippen LogP contribution in [0.2, 0.25) is 0 Å². The Hall–Kier alpha value is -0.980. The largest absolute Gasteiger partial charge is 0.418 e. The van der Waals surface area contributed by atoms with Gasteiger partial charge in [-0.15, -0.1) is 0 Å². The molecule has 92 valence electrons. The SMILES string of the molecule is N#CCc1ncc(C(F)F)c(C(F)(F)F)c1I. The minimum Gasteiger partial charge on any atom is -0.259 e. The van der Waals surface area contributed by atoms with Gasteiger partial charge in [-0.3, -0.25) is 4.98 Å². The van der Waals surface area contributed by atoms with Crippen molar-refractivity contribution in [1.29, 1.82) is 5.26 Å². The van der Waals surface area contributed by atoms with Crippen LogP contribution in [0, 0.1) is 14.9 Å². The summed E-state index contributed by atoms with van der Waals surface area (Å²) in [5.41, 5.74) is -2.72. The third kappa shape index (κ3) is 3.02. The highest BCUT2D eigenvalue weighted by Gasteiger charge is 2.39. The van der Waals surface area contributed by atoms with Gasteiger partial charge in [0.1, 0.15) is 0 Å². The predicted molar refractivity (Wildman–Crippen MR) is 56.2 cm³/mol. The predicted octanol–water partition coefficient (Wildman–Crippen LogP) is 3.71. The van der Waals surface area contributed by atoms with Crippen molar-refractivity contribution in [1.82, 2.24) is 4.98 Å². The Balaban J connectivity index is 3.49. The zero-order chi connectivity index (χ0) is 13.2. The topological polar surface area (TPSA) is 36.7 Å². The van der Waals surface area contributed by atoms with Crippen LogP contribution in [0.5, 0.6) is 0 Å². The van der Waals surface area contributed by atoms with E-state index in [2.05, 4.69) is 4.98 Å². The average molecular weight is 362 g/mol. The van der Waals surface area contributed by atoms with Crippen molar-refractivity contribution in [3.8, 4) is 6.07 Å². The number of halogens is 6.